The monoisotopic (exact) mass is 276 g/mol. The highest BCUT2D eigenvalue weighted by molar-refractivity contribution is 5.14. The van der Waals surface area contributed by atoms with Crippen molar-refractivity contribution < 1.29 is 0 Å². The van der Waals surface area contributed by atoms with Crippen molar-refractivity contribution in [3.05, 3.63) is 17.4 Å². The Morgan fingerprint density at radius 3 is 2.45 bits per heavy atom. The van der Waals surface area contributed by atoms with Crippen LogP contribution in [0.15, 0.2) is 17.4 Å². The van der Waals surface area contributed by atoms with E-state index in [4.69, 9.17) is 0 Å². The van der Waals surface area contributed by atoms with Crippen molar-refractivity contribution in [1.29, 1.82) is 0 Å². The molecule has 0 saturated heterocycles. The van der Waals surface area contributed by atoms with Crippen LogP contribution >= 0.6 is 0 Å². The molecule has 0 aliphatic heterocycles. The van der Waals surface area contributed by atoms with E-state index in [2.05, 4.69) is 60.3 Å². The minimum atomic E-state index is 0.445. The predicted molar refractivity (Wildman–Crippen MR) is 90.8 cm³/mol. The summed E-state index contributed by atoms with van der Waals surface area (Å²) in [5.74, 6) is 3.51. The third-order valence-corrected chi connectivity index (χ3v) is 5.74. The van der Waals surface area contributed by atoms with E-state index in [0.29, 0.717) is 5.41 Å². The Morgan fingerprint density at radius 1 is 1.25 bits per heavy atom. The van der Waals surface area contributed by atoms with Gasteiger partial charge in [-0.25, -0.2) is 0 Å². The summed E-state index contributed by atoms with van der Waals surface area (Å²) in [7, 11) is 0. The van der Waals surface area contributed by atoms with Crippen LogP contribution in [0.2, 0.25) is 0 Å². The predicted octanol–water partition coefficient (Wildman–Crippen LogP) is 6.62. The van der Waals surface area contributed by atoms with Crippen molar-refractivity contribution in [2.45, 2.75) is 80.6 Å². The van der Waals surface area contributed by atoms with Crippen molar-refractivity contribution in [1.82, 2.24) is 0 Å². The third-order valence-electron chi connectivity index (χ3n) is 5.74. The van der Waals surface area contributed by atoms with Crippen LogP contribution in [-0.2, 0) is 0 Å². The van der Waals surface area contributed by atoms with E-state index >= 15 is 0 Å². The Hall–Kier alpha value is -0.480. The van der Waals surface area contributed by atoms with Gasteiger partial charge in [0, 0.05) is 0 Å². The summed E-state index contributed by atoms with van der Waals surface area (Å²) in [5, 5.41) is 0. The zero-order valence-corrected chi connectivity index (χ0v) is 14.9. The lowest BCUT2D eigenvalue weighted by Crippen LogP contribution is -2.13. The second-order valence-electron chi connectivity index (χ2n) is 7.77. The molecular formula is C20H36. The van der Waals surface area contributed by atoms with E-state index in [1.807, 2.05) is 0 Å². The average Bonchev–Trinajstić information content (AvgIpc) is 3.06. The summed E-state index contributed by atoms with van der Waals surface area (Å²) in [6.45, 7) is 16.4. The molecule has 0 amide bonds. The summed E-state index contributed by atoms with van der Waals surface area (Å²) in [6, 6.07) is 0. The molecule has 1 aliphatic rings. The van der Waals surface area contributed by atoms with Crippen LogP contribution in [0.4, 0.5) is 0 Å². The molecule has 1 saturated carbocycles. The minimum absolute atomic E-state index is 0.445. The summed E-state index contributed by atoms with van der Waals surface area (Å²) in [6.07, 6.45) is 8.98. The third kappa shape index (κ3) is 5.13. The van der Waals surface area contributed by atoms with E-state index in [-0.39, 0.29) is 0 Å². The lowest BCUT2D eigenvalue weighted by Gasteiger charge is -2.23. The van der Waals surface area contributed by atoms with Gasteiger partial charge in [-0.05, 0) is 73.3 Å². The molecule has 0 nitrogen and oxygen atoms in total. The second kappa shape index (κ2) is 7.51. The van der Waals surface area contributed by atoms with Gasteiger partial charge in [0.05, 0.1) is 0 Å². The summed E-state index contributed by atoms with van der Waals surface area (Å²) >= 11 is 0. The Labute approximate surface area is 127 Å². The van der Waals surface area contributed by atoms with Gasteiger partial charge in [0.2, 0.25) is 0 Å². The van der Waals surface area contributed by atoms with Gasteiger partial charge in [-0.1, -0.05) is 48.0 Å². The first-order chi connectivity index (χ1) is 9.32. The quantitative estimate of drug-likeness (QED) is 0.437. The van der Waals surface area contributed by atoms with Gasteiger partial charge in [-0.3, -0.25) is 0 Å². The molecule has 5 unspecified atom stereocenters. The van der Waals surface area contributed by atoms with Crippen LogP contribution in [0.25, 0.3) is 0 Å². The van der Waals surface area contributed by atoms with Crippen molar-refractivity contribution in [2.75, 3.05) is 0 Å². The highest BCUT2D eigenvalue weighted by atomic mass is 14.5. The Morgan fingerprint density at radius 2 is 1.90 bits per heavy atom. The maximum absolute atomic E-state index is 3.50. The molecule has 0 aromatic heterocycles. The first-order valence-electron chi connectivity index (χ1n) is 8.75. The Balaban J connectivity index is 2.46. The highest BCUT2D eigenvalue weighted by Gasteiger charge is 2.48. The van der Waals surface area contributed by atoms with Crippen molar-refractivity contribution in [3.63, 3.8) is 0 Å². The number of allylic oxidation sites excluding steroid dienone is 1. The van der Waals surface area contributed by atoms with Crippen LogP contribution in [0, 0.1) is 29.1 Å². The van der Waals surface area contributed by atoms with Gasteiger partial charge in [0.15, 0.2) is 0 Å². The van der Waals surface area contributed by atoms with Crippen LogP contribution in [0.5, 0.6) is 0 Å². The summed E-state index contributed by atoms with van der Waals surface area (Å²) in [5.41, 5.74) is 5.33. The molecule has 0 bridgehead atoms. The SMILES string of the molecule is CCC(C)=C=CC1(C)CC1CC(C)C(C)CC(C)CC. The highest BCUT2D eigenvalue weighted by Crippen LogP contribution is 2.56. The first kappa shape index (κ1) is 17.6. The molecule has 1 rings (SSSR count). The standard InChI is InChI=1S/C20H36/c1-8-15(3)10-11-20(7)14-19(20)13-18(6)17(5)12-16(4)9-2/h11,16-19H,8-9,12-14H2,1-7H3. The van der Waals surface area contributed by atoms with E-state index in [1.54, 1.807) is 0 Å². The fourth-order valence-electron chi connectivity index (χ4n) is 3.11. The van der Waals surface area contributed by atoms with Crippen LogP contribution < -0.4 is 0 Å². The lowest BCUT2D eigenvalue weighted by atomic mass is 9.83. The van der Waals surface area contributed by atoms with Gasteiger partial charge >= 0.3 is 0 Å². The lowest BCUT2D eigenvalue weighted by molar-refractivity contribution is 0.280. The van der Waals surface area contributed by atoms with Gasteiger partial charge in [-0.2, -0.15) is 0 Å². The fourth-order valence-corrected chi connectivity index (χ4v) is 3.11. The molecule has 116 valence electrons. The molecule has 0 radical (unpaired) electrons. The van der Waals surface area contributed by atoms with Crippen molar-refractivity contribution in [2.24, 2.45) is 29.1 Å². The summed E-state index contributed by atoms with van der Waals surface area (Å²) < 4.78 is 0. The van der Waals surface area contributed by atoms with Crippen LogP contribution in [0.3, 0.4) is 0 Å². The molecule has 1 aliphatic carbocycles. The maximum Gasteiger partial charge on any atom is -0.00392 e. The number of hydrogen-bond acceptors (Lipinski definition) is 0. The average molecular weight is 277 g/mol. The van der Waals surface area contributed by atoms with Crippen LogP contribution in [0.1, 0.15) is 80.6 Å². The molecule has 0 heteroatoms. The minimum Gasteiger partial charge on any atom is -0.126 e. The second-order valence-corrected chi connectivity index (χ2v) is 7.77. The van der Waals surface area contributed by atoms with E-state index in [9.17, 15) is 0 Å². The molecule has 20 heavy (non-hydrogen) atoms. The van der Waals surface area contributed by atoms with Crippen LogP contribution in [-0.4, -0.2) is 0 Å². The molecule has 0 aromatic rings. The molecule has 0 N–H and O–H groups in total. The van der Waals surface area contributed by atoms with Gasteiger partial charge in [-0.15, -0.1) is 5.73 Å². The maximum atomic E-state index is 3.50. The van der Waals surface area contributed by atoms with Crippen molar-refractivity contribution >= 4 is 0 Å². The molecule has 5 atom stereocenters. The first-order valence-corrected chi connectivity index (χ1v) is 8.75. The molecule has 0 spiro atoms. The van der Waals surface area contributed by atoms with E-state index < -0.39 is 0 Å². The topological polar surface area (TPSA) is 0 Å². The molecule has 0 heterocycles. The van der Waals surface area contributed by atoms with E-state index in [0.717, 1.165) is 30.1 Å². The summed E-state index contributed by atoms with van der Waals surface area (Å²) in [4.78, 5) is 0. The number of hydrogen-bond donors (Lipinski definition) is 0. The Kier molecular flexibility index (Phi) is 6.59. The zero-order chi connectivity index (χ0) is 15.3. The largest absolute Gasteiger partial charge is 0.126 e. The van der Waals surface area contributed by atoms with Gasteiger partial charge in [0.1, 0.15) is 0 Å². The molecule has 1 fully saturated rings. The number of rotatable bonds is 8. The fraction of sp³-hybridized carbons (Fsp3) is 0.850. The zero-order valence-electron chi connectivity index (χ0n) is 14.9. The van der Waals surface area contributed by atoms with Gasteiger partial charge < -0.3 is 0 Å². The molecular weight excluding hydrogens is 240 g/mol. The Bertz CT molecular complexity index is 358. The van der Waals surface area contributed by atoms with E-state index in [1.165, 1.54) is 31.3 Å². The smallest absolute Gasteiger partial charge is 0.00392 e. The van der Waals surface area contributed by atoms with Gasteiger partial charge in [0.25, 0.3) is 0 Å². The normalized spacial score (nSPS) is 29.2. The van der Waals surface area contributed by atoms with Crippen molar-refractivity contribution in [3.8, 4) is 0 Å². The molecule has 0 aromatic carbocycles.